The molecule has 0 fully saturated rings. The number of ether oxygens (including phenoxy) is 1. The molecule has 1 aliphatic heterocycles. The second-order valence-corrected chi connectivity index (χ2v) is 4.37. The Labute approximate surface area is 101 Å². The van der Waals surface area contributed by atoms with Crippen molar-refractivity contribution in [1.82, 2.24) is 5.32 Å². The van der Waals surface area contributed by atoms with Crippen molar-refractivity contribution in [3.63, 3.8) is 0 Å². The number of benzene rings is 1. The Balaban J connectivity index is 1.85. The molecule has 1 unspecified atom stereocenters. The summed E-state index contributed by atoms with van der Waals surface area (Å²) < 4.78 is 5.45. The second kappa shape index (κ2) is 5.19. The molecule has 2 rings (SSSR count). The van der Waals surface area contributed by atoms with E-state index < -0.39 is 0 Å². The topological polar surface area (TPSA) is 64.3 Å². The molecule has 0 aliphatic carbocycles. The average Bonchev–Trinajstić information content (AvgIpc) is 2.75. The Morgan fingerprint density at radius 3 is 3.18 bits per heavy atom. The van der Waals surface area contributed by atoms with E-state index in [1.165, 1.54) is 11.1 Å². The van der Waals surface area contributed by atoms with Crippen molar-refractivity contribution in [2.75, 3.05) is 13.2 Å². The van der Waals surface area contributed by atoms with E-state index in [0.717, 1.165) is 31.7 Å². The predicted molar refractivity (Wildman–Crippen MR) is 66.0 cm³/mol. The number of rotatable bonds is 5. The van der Waals surface area contributed by atoms with E-state index in [9.17, 15) is 4.79 Å². The third-order valence-corrected chi connectivity index (χ3v) is 3.04. The van der Waals surface area contributed by atoms with Crippen molar-refractivity contribution in [3.8, 4) is 5.75 Å². The van der Waals surface area contributed by atoms with Crippen LogP contribution in [-0.2, 0) is 17.6 Å². The Bertz CT molecular complexity index is 418. The first-order valence-electron chi connectivity index (χ1n) is 5.94. The number of nitrogens with one attached hydrogen (secondary N) is 1. The summed E-state index contributed by atoms with van der Waals surface area (Å²) in [5.74, 6) is 0.694. The van der Waals surface area contributed by atoms with Crippen LogP contribution in [0, 0.1) is 0 Å². The number of carbonyl (C=O) groups excluding carboxylic acids is 1. The maximum Gasteiger partial charge on any atom is 0.234 e. The van der Waals surface area contributed by atoms with Crippen LogP contribution in [0.25, 0.3) is 0 Å². The van der Waals surface area contributed by atoms with Gasteiger partial charge in [-0.1, -0.05) is 12.1 Å². The first-order valence-corrected chi connectivity index (χ1v) is 5.94. The summed E-state index contributed by atoms with van der Waals surface area (Å²) in [7, 11) is 0. The zero-order valence-corrected chi connectivity index (χ0v) is 10.0. The lowest BCUT2D eigenvalue weighted by Crippen LogP contribution is -2.39. The van der Waals surface area contributed by atoms with Gasteiger partial charge in [-0.2, -0.15) is 0 Å². The van der Waals surface area contributed by atoms with Crippen molar-refractivity contribution in [2.24, 2.45) is 5.73 Å². The predicted octanol–water partition coefficient (Wildman–Crippen LogP) is 0.627. The highest BCUT2D eigenvalue weighted by atomic mass is 16.5. The van der Waals surface area contributed by atoms with Crippen molar-refractivity contribution < 1.29 is 9.53 Å². The van der Waals surface area contributed by atoms with Gasteiger partial charge in [-0.25, -0.2) is 0 Å². The molecular formula is C13H18N2O2. The lowest BCUT2D eigenvalue weighted by molar-refractivity contribution is -0.119. The first-order chi connectivity index (χ1) is 8.16. The third kappa shape index (κ3) is 2.97. The van der Waals surface area contributed by atoms with Crippen molar-refractivity contribution in [3.05, 3.63) is 29.3 Å². The molecule has 1 heterocycles. The molecule has 0 bridgehead atoms. The number of hydrogen-bond donors (Lipinski definition) is 2. The van der Waals surface area contributed by atoms with Crippen molar-refractivity contribution in [1.29, 1.82) is 0 Å². The van der Waals surface area contributed by atoms with E-state index in [4.69, 9.17) is 10.5 Å². The summed E-state index contributed by atoms with van der Waals surface area (Å²) in [6.45, 7) is 3.32. The molecule has 1 aromatic rings. The zero-order valence-electron chi connectivity index (χ0n) is 10.0. The van der Waals surface area contributed by atoms with Crippen LogP contribution in [0.1, 0.15) is 18.1 Å². The van der Waals surface area contributed by atoms with Crippen LogP contribution in [-0.4, -0.2) is 25.1 Å². The minimum absolute atomic E-state index is 0.271. The largest absolute Gasteiger partial charge is 0.493 e. The lowest BCUT2D eigenvalue weighted by Gasteiger charge is -2.10. The van der Waals surface area contributed by atoms with Gasteiger partial charge in [-0.15, -0.1) is 0 Å². The van der Waals surface area contributed by atoms with Gasteiger partial charge in [0, 0.05) is 6.42 Å². The number of amides is 1. The molecular weight excluding hydrogens is 216 g/mol. The van der Waals surface area contributed by atoms with E-state index in [1.807, 2.05) is 6.07 Å². The van der Waals surface area contributed by atoms with Gasteiger partial charge in [-0.05, 0) is 37.1 Å². The van der Waals surface area contributed by atoms with Gasteiger partial charge in [0.1, 0.15) is 5.75 Å². The quantitative estimate of drug-likeness (QED) is 0.785. The fraction of sp³-hybridized carbons (Fsp3) is 0.462. The zero-order chi connectivity index (χ0) is 12.3. The molecule has 0 radical (unpaired) electrons. The standard InChI is InChI=1S/C13H18N2O2/c1-9(13(14)16)15-6-4-10-2-3-12-11(8-10)5-7-17-12/h2-3,8-9,15H,4-7H2,1H3,(H2,14,16). The van der Waals surface area contributed by atoms with Crippen LogP contribution in [0.3, 0.4) is 0 Å². The molecule has 1 aromatic carbocycles. The van der Waals surface area contributed by atoms with Gasteiger partial charge in [0.25, 0.3) is 0 Å². The van der Waals surface area contributed by atoms with E-state index in [1.54, 1.807) is 6.92 Å². The van der Waals surface area contributed by atoms with Crippen molar-refractivity contribution in [2.45, 2.75) is 25.8 Å². The summed E-state index contributed by atoms with van der Waals surface area (Å²) in [5.41, 5.74) is 7.72. The van der Waals surface area contributed by atoms with E-state index >= 15 is 0 Å². The number of primary amides is 1. The van der Waals surface area contributed by atoms with Crippen molar-refractivity contribution >= 4 is 5.91 Å². The molecule has 1 atom stereocenters. The number of carbonyl (C=O) groups is 1. The fourth-order valence-corrected chi connectivity index (χ4v) is 1.93. The lowest BCUT2D eigenvalue weighted by atomic mass is 10.1. The van der Waals surface area contributed by atoms with Crippen LogP contribution >= 0.6 is 0 Å². The number of nitrogens with two attached hydrogens (primary N) is 1. The molecule has 92 valence electrons. The van der Waals surface area contributed by atoms with Crippen LogP contribution in [0.5, 0.6) is 5.75 Å². The highest BCUT2D eigenvalue weighted by Crippen LogP contribution is 2.25. The molecule has 17 heavy (non-hydrogen) atoms. The summed E-state index contributed by atoms with van der Waals surface area (Å²) in [5, 5.41) is 3.09. The molecule has 0 saturated heterocycles. The molecule has 3 N–H and O–H groups in total. The average molecular weight is 234 g/mol. The van der Waals surface area contributed by atoms with E-state index in [-0.39, 0.29) is 11.9 Å². The van der Waals surface area contributed by atoms with Gasteiger partial charge < -0.3 is 15.8 Å². The maximum atomic E-state index is 10.8. The minimum atomic E-state index is -0.313. The normalized spacial score (nSPS) is 15.1. The molecule has 0 spiro atoms. The smallest absolute Gasteiger partial charge is 0.234 e. The molecule has 4 nitrogen and oxygen atoms in total. The molecule has 0 aromatic heterocycles. The molecule has 4 heteroatoms. The summed E-state index contributed by atoms with van der Waals surface area (Å²) in [4.78, 5) is 10.8. The first kappa shape index (κ1) is 11.9. The van der Waals surface area contributed by atoms with Gasteiger partial charge in [0.2, 0.25) is 5.91 Å². The third-order valence-electron chi connectivity index (χ3n) is 3.04. The monoisotopic (exact) mass is 234 g/mol. The van der Waals surface area contributed by atoms with Gasteiger partial charge >= 0.3 is 0 Å². The SMILES string of the molecule is CC(NCCc1ccc2c(c1)CCO2)C(N)=O. The number of fused-ring (bicyclic) bond motifs is 1. The van der Waals surface area contributed by atoms with Crippen LogP contribution < -0.4 is 15.8 Å². The van der Waals surface area contributed by atoms with E-state index in [2.05, 4.69) is 17.4 Å². The molecule has 0 saturated carbocycles. The summed E-state index contributed by atoms with van der Waals surface area (Å²) in [6.07, 6.45) is 1.89. The van der Waals surface area contributed by atoms with Crippen LogP contribution in [0.15, 0.2) is 18.2 Å². The Kier molecular flexibility index (Phi) is 3.64. The summed E-state index contributed by atoms with van der Waals surface area (Å²) >= 11 is 0. The highest BCUT2D eigenvalue weighted by molar-refractivity contribution is 5.79. The van der Waals surface area contributed by atoms with Gasteiger partial charge in [0.05, 0.1) is 12.6 Å². The van der Waals surface area contributed by atoms with Crippen LogP contribution in [0.2, 0.25) is 0 Å². The van der Waals surface area contributed by atoms with Gasteiger partial charge in [-0.3, -0.25) is 4.79 Å². The second-order valence-electron chi connectivity index (χ2n) is 4.37. The number of hydrogen-bond acceptors (Lipinski definition) is 3. The van der Waals surface area contributed by atoms with Gasteiger partial charge in [0.15, 0.2) is 0 Å². The minimum Gasteiger partial charge on any atom is -0.493 e. The van der Waals surface area contributed by atoms with Crippen LogP contribution in [0.4, 0.5) is 0 Å². The highest BCUT2D eigenvalue weighted by Gasteiger charge is 2.12. The summed E-state index contributed by atoms with van der Waals surface area (Å²) in [6, 6.07) is 6.00. The Morgan fingerprint density at radius 2 is 2.41 bits per heavy atom. The fourth-order valence-electron chi connectivity index (χ4n) is 1.93. The van der Waals surface area contributed by atoms with E-state index in [0.29, 0.717) is 0 Å². The Hall–Kier alpha value is -1.55. The Morgan fingerprint density at radius 1 is 1.59 bits per heavy atom. The molecule has 1 aliphatic rings. The maximum absolute atomic E-state index is 10.8. The molecule has 1 amide bonds.